The van der Waals surface area contributed by atoms with Crippen LogP contribution in [0.15, 0.2) is 59.8 Å². The van der Waals surface area contributed by atoms with Crippen molar-refractivity contribution in [1.29, 1.82) is 0 Å². The lowest BCUT2D eigenvalue weighted by Gasteiger charge is -2.36. The van der Waals surface area contributed by atoms with Crippen molar-refractivity contribution in [3.8, 4) is 0 Å². The molecule has 1 aliphatic rings. The number of hydrogen-bond donors (Lipinski definition) is 3. The molecule has 0 spiro atoms. The Hall–Kier alpha value is -5.10. The lowest BCUT2D eigenvalue weighted by Crippen LogP contribution is -2.46. The van der Waals surface area contributed by atoms with Crippen LogP contribution in [-0.4, -0.2) is 46.9 Å². The molecule has 1 aromatic heterocycles. The van der Waals surface area contributed by atoms with Crippen LogP contribution in [0.1, 0.15) is 27.2 Å². The maximum atomic E-state index is 13.3. The Balaban J connectivity index is 1.28. The molecule has 12 nitrogen and oxygen atoms in total. The molecule has 0 aliphatic carbocycles. The Kier molecular flexibility index (Phi) is 7.49. The summed E-state index contributed by atoms with van der Waals surface area (Å²) >= 11 is 0. The molecule has 41 heavy (non-hydrogen) atoms. The molecule has 4 aromatic rings. The summed E-state index contributed by atoms with van der Waals surface area (Å²) in [7, 11) is 0. The van der Waals surface area contributed by atoms with Gasteiger partial charge in [-0.2, -0.15) is 0 Å². The highest BCUT2D eigenvalue weighted by Gasteiger charge is 2.26. The number of benzene rings is 3. The van der Waals surface area contributed by atoms with Gasteiger partial charge in [0.1, 0.15) is 5.69 Å². The van der Waals surface area contributed by atoms with Crippen LogP contribution in [0.5, 0.6) is 0 Å². The number of nitrogens with zero attached hydrogens (tertiary/aromatic N) is 5. The summed E-state index contributed by atoms with van der Waals surface area (Å²) in [5.41, 5.74) is 17.3. The molecule has 0 atom stereocenters. The molecule has 1 aliphatic heterocycles. The number of hydrogen-bond acceptors (Lipinski definition) is 10. The number of piperazine rings is 1. The first-order valence-electron chi connectivity index (χ1n) is 13.1. The van der Waals surface area contributed by atoms with Gasteiger partial charge in [-0.15, -0.1) is 4.91 Å². The molecule has 0 radical (unpaired) electrons. The SMILES string of the molecule is Cc1nc2ccc(NC(=O)c3ccccc3CN3CCN(c4ccc([N+](=O)[O-])c(N)c4N=O)CC3)cc2c(N)c1C. The molecule has 5 N–H and O–H groups in total. The van der Waals surface area contributed by atoms with Gasteiger partial charge in [0.2, 0.25) is 0 Å². The summed E-state index contributed by atoms with van der Waals surface area (Å²) < 4.78 is 0. The van der Waals surface area contributed by atoms with Crippen LogP contribution in [0.3, 0.4) is 0 Å². The summed E-state index contributed by atoms with van der Waals surface area (Å²) in [4.78, 5) is 44.1. The Bertz CT molecular complexity index is 1680. The van der Waals surface area contributed by atoms with Crippen LogP contribution in [0, 0.1) is 28.9 Å². The predicted molar refractivity (Wildman–Crippen MR) is 160 cm³/mol. The number of aryl methyl sites for hydroxylation is 1. The van der Waals surface area contributed by atoms with Gasteiger partial charge in [0.05, 0.1) is 16.1 Å². The molecule has 0 unspecified atom stereocenters. The van der Waals surface area contributed by atoms with Crippen LogP contribution >= 0.6 is 0 Å². The summed E-state index contributed by atoms with van der Waals surface area (Å²) in [6.07, 6.45) is 0. The van der Waals surface area contributed by atoms with E-state index in [1.807, 2.05) is 55.1 Å². The molecular weight excluding hydrogens is 524 g/mol. The van der Waals surface area contributed by atoms with Crippen LogP contribution in [0.25, 0.3) is 10.9 Å². The van der Waals surface area contributed by atoms with Gasteiger partial charge in [0, 0.05) is 66.8 Å². The Morgan fingerprint density at radius 3 is 2.49 bits per heavy atom. The van der Waals surface area contributed by atoms with E-state index in [9.17, 15) is 19.8 Å². The number of nitro benzene ring substituents is 1. The van der Waals surface area contributed by atoms with Gasteiger partial charge in [-0.25, -0.2) is 0 Å². The number of carbonyl (C=O) groups is 1. The van der Waals surface area contributed by atoms with Gasteiger partial charge in [0.25, 0.3) is 11.6 Å². The minimum Gasteiger partial charge on any atom is -0.398 e. The van der Waals surface area contributed by atoms with Crippen LogP contribution in [0.2, 0.25) is 0 Å². The largest absolute Gasteiger partial charge is 0.398 e. The van der Waals surface area contributed by atoms with Crippen molar-refractivity contribution in [3.05, 3.63) is 92.0 Å². The monoisotopic (exact) mass is 554 g/mol. The van der Waals surface area contributed by atoms with E-state index >= 15 is 0 Å². The van der Waals surface area contributed by atoms with Crippen LogP contribution in [0.4, 0.5) is 34.1 Å². The van der Waals surface area contributed by atoms with E-state index in [0.717, 1.165) is 27.7 Å². The first-order valence-corrected chi connectivity index (χ1v) is 13.1. The molecule has 12 heteroatoms. The van der Waals surface area contributed by atoms with Crippen molar-refractivity contribution in [1.82, 2.24) is 9.88 Å². The summed E-state index contributed by atoms with van der Waals surface area (Å²) in [5.74, 6) is -0.225. The summed E-state index contributed by atoms with van der Waals surface area (Å²) in [6, 6.07) is 15.8. The predicted octanol–water partition coefficient (Wildman–Crippen LogP) is 4.90. The first kappa shape index (κ1) is 27.5. The van der Waals surface area contributed by atoms with Crippen molar-refractivity contribution < 1.29 is 9.72 Å². The number of nitrogen functional groups attached to an aromatic ring is 2. The maximum Gasteiger partial charge on any atom is 0.294 e. The third-order valence-electron chi connectivity index (χ3n) is 7.61. The second-order valence-electron chi connectivity index (χ2n) is 10.1. The molecular formula is C29H30N8O4. The van der Waals surface area contributed by atoms with E-state index in [0.29, 0.717) is 55.3 Å². The van der Waals surface area contributed by atoms with Crippen molar-refractivity contribution in [2.75, 3.05) is 47.9 Å². The number of pyridine rings is 1. The minimum absolute atomic E-state index is 0.119. The molecule has 3 aromatic carbocycles. The first-order chi connectivity index (χ1) is 19.7. The van der Waals surface area contributed by atoms with Gasteiger partial charge in [0.15, 0.2) is 5.69 Å². The van der Waals surface area contributed by atoms with Gasteiger partial charge in [-0.05, 0) is 60.5 Å². The second-order valence-corrected chi connectivity index (χ2v) is 10.1. The van der Waals surface area contributed by atoms with Gasteiger partial charge in [-0.1, -0.05) is 18.2 Å². The van der Waals surface area contributed by atoms with Gasteiger partial charge >= 0.3 is 0 Å². The lowest BCUT2D eigenvalue weighted by molar-refractivity contribution is -0.383. The van der Waals surface area contributed by atoms with E-state index in [1.54, 1.807) is 6.07 Å². The summed E-state index contributed by atoms with van der Waals surface area (Å²) in [5, 5.41) is 18.0. The number of carbonyl (C=O) groups excluding carboxylic acids is 1. The number of rotatable bonds is 7. The molecule has 0 bridgehead atoms. The minimum atomic E-state index is -0.631. The van der Waals surface area contributed by atoms with E-state index in [2.05, 4.69) is 20.4 Å². The number of nitrogens with two attached hydrogens (primary N) is 2. The molecule has 210 valence electrons. The van der Waals surface area contributed by atoms with Crippen molar-refractivity contribution in [2.24, 2.45) is 5.18 Å². The van der Waals surface area contributed by atoms with Crippen molar-refractivity contribution in [2.45, 2.75) is 20.4 Å². The third-order valence-corrected chi connectivity index (χ3v) is 7.61. The average molecular weight is 555 g/mol. The molecule has 2 heterocycles. The highest BCUT2D eigenvalue weighted by atomic mass is 16.6. The van der Waals surface area contributed by atoms with E-state index < -0.39 is 4.92 Å². The standard InChI is InChI=1S/C29H30N8O4/c1-17-18(2)32-23-8-7-20(15-22(23)26(17)30)33-29(38)21-6-4-3-5-19(21)16-35-11-13-36(14-12-35)25-10-9-24(37(40)41)27(31)28(25)34-39/h3-10,15H,11-14,16,31H2,1-2H3,(H2,30,32)(H,33,38). The number of nitro groups is 1. The Morgan fingerprint density at radius 2 is 1.78 bits per heavy atom. The zero-order valence-corrected chi connectivity index (χ0v) is 22.8. The maximum absolute atomic E-state index is 13.3. The highest BCUT2D eigenvalue weighted by Crippen LogP contribution is 2.40. The lowest BCUT2D eigenvalue weighted by atomic mass is 10.0. The van der Waals surface area contributed by atoms with Gasteiger partial charge in [-0.3, -0.25) is 24.8 Å². The molecule has 1 fully saturated rings. The molecule has 5 rings (SSSR count). The zero-order chi connectivity index (χ0) is 29.3. The molecule has 1 amide bonds. The Morgan fingerprint density at radius 1 is 1.05 bits per heavy atom. The van der Waals surface area contributed by atoms with Gasteiger partial charge < -0.3 is 21.7 Å². The van der Waals surface area contributed by atoms with Crippen molar-refractivity contribution in [3.63, 3.8) is 0 Å². The fourth-order valence-electron chi connectivity index (χ4n) is 5.15. The fourth-order valence-corrected chi connectivity index (χ4v) is 5.15. The highest BCUT2D eigenvalue weighted by molar-refractivity contribution is 6.06. The van der Waals surface area contributed by atoms with E-state index in [4.69, 9.17) is 11.5 Å². The second kappa shape index (κ2) is 11.2. The molecule has 1 saturated heterocycles. The average Bonchev–Trinajstić information content (AvgIpc) is 2.96. The zero-order valence-electron chi connectivity index (χ0n) is 22.8. The quantitative estimate of drug-likeness (QED) is 0.124. The van der Waals surface area contributed by atoms with Crippen LogP contribution in [-0.2, 0) is 6.54 Å². The Labute approximate surface area is 236 Å². The fraction of sp³-hybridized carbons (Fsp3) is 0.241. The number of anilines is 4. The third kappa shape index (κ3) is 5.37. The number of nitrogens with one attached hydrogen (secondary N) is 1. The number of aromatic nitrogens is 1. The smallest absolute Gasteiger partial charge is 0.294 e. The number of fused-ring (bicyclic) bond motifs is 1. The number of amides is 1. The van der Waals surface area contributed by atoms with E-state index in [1.165, 1.54) is 12.1 Å². The summed E-state index contributed by atoms with van der Waals surface area (Å²) in [6.45, 7) is 6.78. The molecule has 0 saturated carbocycles. The topological polar surface area (TPSA) is 173 Å². The number of nitroso groups, excluding NO2 is 1. The van der Waals surface area contributed by atoms with Crippen LogP contribution < -0.4 is 21.7 Å². The van der Waals surface area contributed by atoms with Crippen molar-refractivity contribution >= 4 is 50.9 Å². The normalized spacial score (nSPS) is 13.8. The van der Waals surface area contributed by atoms with E-state index in [-0.39, 0.29) is 23.0 Å².